The van der Waals surface area contributed by atoms with Crippen molar-refractivity contribution in [2.24, 2.45) is 5.92 Å². The van der Waals surface area contributed by atoms with E-state index in [2.05, 4.69) is 25.8 Å². The Morgan fingerprint density at radius 2 is 2.21 bits per heavy atom. The maximum Gasteiger partial charge on any atom is 0.230 e. The van der Waals surface area contributed by atoms with E-state index in [4.69, 9.17) is 5.84 Å². The third-order valence-electron chi connectivity index (χ3n) is 5.33. The highest BCUT2D eigenvalue weighted by atomic mass is 32.2. The number of nitrogens with zero attached hydrogens (tertiary/aromatic N) is 4. The highest BCUT2D eigenvalue weighted by Crippen LogP contribution is 2.48. The van der Waals surface area contributed by atoms with Gasteiger partial charge in [-0.25, -0.2) is 4.68 Å². The van der Waals surface area contributed by atoms with Crippen molar-refractivity contribution in [3.8, 4) is 11.4 Å². The Morgan fingerprint density at radius 1 is 1.32 bits per heavy atom. The summed E-state index contributed by atoms with van der Waals surface area (Å²) in [6.45, 7) is 0. The van der Waals surface area contributed by atoms with Crippen molar-refractivity contribution in [2.45, 2.75) is 42.4 Å². The maximum absolute atomic E-state index is 12.7. The minimum atomic E-state index is -0.119. The summed E-state index contributed by atoms with van der Waals surface area (Å²) in [6, 6.07) is 3.73. The number of allylic oxidation sites excluding steroid dienone is 1. The van der Waals surface area contributed by atoms with Gasteiger partial charge in [-0.05, 0) is 48.3 Å². The second-order valence-electron chi connectivity index (χ2n) is 7.13. The van der Waals surface area contributed by atoms with E-state index in [1.165, 1.54) is 39.8 Å². The Morgan fingerprint density at radius 3 is 3.07 bits per heavy atom. The molecule has 2 aromatic heterocycles. The summed E-state index contributed by atoms with van der Waals surface area (Å²) in [5.74, 6) is 7.49. The van der Waals surface area contributed by atoms with Crippen molar-refractivity contribution in [3.05, 3.63) is 35.0 Å². The van der Waals surface area contributed by atoms with Crippen LogP contribution >= 0.6 is 23.5 Å². The lowest BCUT2D eigenvalue weighted by Crippen LogP contribution is -2.60. The van der Waals surface area contributed by atoms with E-state index in [0.717, 1.165) is 18.4 Å². The van der Waals surface area contributed by atoms with Crippen LogP contribution in [0.25, 0.3) is 11.4 Å². The van der Waals surface area contributed by atoms with Gasteiger partial charge in [0, 0.05) is 23.7 Å². The quantitative estimate of drug-likeness (QED) is 0.511. The third-order valence-corrected chi connectivity index (χ3v) is 7.78. The number of nitrogens with one attached hydrogen (secondary N) is 2. The molecule has 10 heteroatoms. The van der Waals surface area contributed by atoms with Gasteiger partial charge in [-0.2, -0.15) is 0 Å². The zero-order valence-corrected chi connectivity index (χ0v) is 16.8. The van der Waals surface area contributed by atoms with Gasteiger partial charge in [0.15, 0.2) is 5.82 Å². The molecule has 4 N–H and O–H groups in total. The van der Waals surface area contributed by atoms with Crippen LogP contribution in [0.2, 0.25) is 0 Å². The highest BCUT2D eigenvalue weighted by Gasteiger charge is 2.45. The molecule has 3 unspecified atom stereocenters. The highest BCUT2D eigenvalue weighted by molar-refractivity contribution is 8.04. The van der Waals surface area contributed by atoms with Crippen molar-refractivity contribution < 1.29 is 4.79 Å². The van der Waals surface area contributed by atoms with Crippen molar-refractivity contribution >= 4 is 29.4 Å². The number of pyridine rings is 1. The van der Waals surface area contributed by atoms with Crippen LogP contribution in [0.15, 0.2) is 40.2 Å². The number of carbonyl (C=O) groups is 1. The molecule has 1 saturated heterocycles. The van der Waals surface area contributed by atoms with Crippen molar-refractivity contribution in [1.82, 2.24) is 30.5 Å². The van der Waals surface area contributed by atoms with E-state index in [0.29, 0.717) is 16.7 Å². The van der Waals surface area contributed by atoms with Gasteiger partial charge in [-0.1, -0.05) is 11.8 Å². The van der Waals surface area contributed by atoms with Crippen molar-refractivity contribution in [1.29, 1.82) is 0 Å². The molecule has 0 aromatic carbocycles. The summed E-state index contributed by atoms with van der Waals surface area (Å²) in [7, 11) is 0. The third kappa shape index (κ3) is 3.19. The first-order valence-electron chi connectivity index (χ1n) is 9.39. The van der Waals surface area contributed by atoms with Crippen LogP contribution in [0, 0.1) is 5.92 Å². The second kappa shape index (κ2) is 7.41. The molecule has 3 atom stereocenters. The molecule has 0 bridgehead atoms. The summed E-state index contributed by atoms with van der Waals surface area (Å²) < 4.78 is 1.47. The van der Waals surface area contributed by atoms with E-state index in [1.807, 2.05) is 23.9 Å². The van der Waals surface area contributed by atoms with Gasteiger partial charge in [0.2, 0.25) is 11.1 Å². The summed E-state index contributed by atoms with van der Waals surface area (Å²) in [4.78, 5) is 18.3. The van der Waals surface area contributed by atoms with Crippen molar-refractivity contribution in [2.75, 3.05) is 11.6 Å². The van der Waals surface area contributed by atoms with Gasteiger partial charge in [0.25, 0.3) is 0 Å². The average Bonchev–Trinajstić information content (AvgIpc) is 3.27. The van der Waals surface area contributed by atoms with E-state index in [9.17, 15) is 4.79 Å². The van der Waals surface area contributed by atoms with Crippen LogP contribution in [-0.2, 0) is 4.79 Å². The largest absolute Gasteiger partial charge is 0.339 e. The molecule has 1 amide bonds. The molecule has 4 heterocycles. The first-order valence-corrected chi connectivity index (χ1v) is 11.3. The second-order valence-corrected chi connectivity index (χ2v) is 9.35. The van der Waals surface area contributed by atoms with Gasteiger partial charge < -0.3 is 11.2 Å². The Bertz CT molecular complexity index is 929. The molecular weight excluding hydrogens is 394 g/mol. The molecule has 1 fully saturated rings. The Hall–Kier alpha value is -2.04. The maximum atomic E-state index is 12.7. The molecule has 146 valence electrons. The molecule has 0 radical (unpaired) electrons. The van der Waals surface area contributed by atoms with Crippen LogP contribution < -0.4 is 16.5 Å². The number of hydrogen-bond acceptors (Lipinski definition) is 8. The summed E-state index contributed by atoms with van der Waals surface area (Å²) in [6.07, 6.45) is 7.90. The predicted octanol–water partition coefficient (Wildman–Crippen LogP) is 1.71. The topological polar surface area (TPSA) is 111 Å². The number of thioether (sulfide) groups is 2. The molecular formula is C18H21N7OS2. The summed E-state index contributed by atoms with van der Waals surface area (Å²) >= 11 is 3.32. The predicted molar refractivity (Wildman–Crippen MR) is 110 cm³/mol. The van der Waals surface area contributed by atoms with Gasteiger partial charge in [0.05, 0.1) is 17.5 Å². The zero-order valence-electron chi connectivity index (χ0n) is 15.2. The lowest BCUT2D eigenvalue weighted by Gasteiger charge is -2.34. The molecule has 0 saturated carbocycles. The zero-order chi connectivity index (χ0) is 19.1. The standard InChI is InChI=1S/C18H21N7OS2/c19-25-15(10-4-3-7-20-8-10)23-24-18(25)27-9-13-21-16(26)14-11-5-1-2-6-12(11)28-17(14)22-13/h3-4,7-8,13-14,17,22H,1-2,5-6,9,19H2,(H,21,26). The number of fused-ring (bicyclic) bond motifs is 2. The Balaban J connectivity index is 1.24. The summed E-state index contributed by atoms with van der Waals surface area (Å²) in [5, 5.41) is 15.8. The van der Waals surface area contributed by atoms with E-state index in [1.54, 1.807) is 12.4 Å². The molecule has 2 aromatic rings. The fourth-order valence-electron chi connectivity index (χ4n) is 4.01. The first-order chi connectivity index (χ1) is 13.7. The van der Waals surface area contributed by atoms with Crippen LogP contribution in [0.5, 0.6) is 0 Å². The summed E-state index contributed by atoms with van der Waals surface area (Å²) in [5.41, 5.74) is 2.18. The number of nitrogen functional groups attached to an aromatic ring is 1. The number of hydrogen-bond donors (Lipinski definition) is 3. The first kappa shape index (κ1) is 18.0. The van der Waals surface area contributed by atoms with E-state index in [-0.39, 0.29) is 23.4 Å². The molecule has 5 rings (SSSR count). The minimum absolute atomic E-state index is 0.0168. The van der Waals surface area contributed by atoms with Gasteiger partial charge in [0.1, 0.15) is 0 Å². The SMILES string of the molecule is Nn1c(SCC2NC(=O)C3C4=C(CCCC4)SC3N2)nnc1-c1cccnc1. The van der Waals surface area contributed by atoms with E-state index >= 15 is 0 Å². The average molecular weight is 416 g/mol. The number of carbonyl (C=O) groups excluding carboxylic acids is 1. The normalized spacial score (nSPS) is 26.7. The minimum Gasteiger partial charge on any atom is -0.339 e. The molecule has 1 aliphatic carbocycles. The number of nitrogens with two attached hydrogens (primary N) is 1. The fourth-order valence-corrected chi connectivity index (χ4v) is 6.44. The monoisotopic (exact) mass is 415 g/mol. The molecule has 8 nitrogen and oxygen atoms in total. The van der Waals surface area contributed by atoms with Crippen LogP contribution in [0.3, 0.4) is 0 Å². The lowest BCUT2D eigenvalue weighted by atomic mass is 9.87. The molecule has 0 spiro atoms. The van der Waals surface area contributed by atoms with Crippen LogP contribution in [-0.4, -0.2) is 43.1 Å². The van der Waals surface area contributed by atoms with Gasteiger partial charge >= 0.3 is 0 Å². The smallest absolute Gasteiger partial charge is 0.230 e. The van der Waals surface area contributed by atoms with Crippen molar-refractivity contribution in [3.63, 3.8) is 0 Å². The number of amides is 1. The number of aromatic nitrogens is 4. The Labute approximate surface area is 171 Å². The molecule has 28 heavy (non-hydrogen) atoms. The van der Waals surface area contributed by atoms with Gasteiger partial charge in [-0.3, -0.25) is 15.1 Å². The molecule has 3 aliphatic rings. The number of rotatable bonds is 4. The molecule has 2 aliphatic heterocycles. The van der Waals surface area contributed by atoms with Crippen LogP contribution in [0.4, 0.5) is 0 Å². The van der Waals surface area contributed by atoms with E-state index < -0.39 is 0 Å². The van der Waals surface area contributed by atoms with Crippen LogP contribution in [0.1, 0.15) is 25.7 Å². The Kier molecular flexibility index (Phi) is 4.77. The fraction of sp³-hybridized carbons (Fsp3) is 0.444. The van der Waals surface area contributed by atoms with Gasteiger partial charge in [-0.15, -0.1) is 22.0 Å². The lowest BCUT2D eigenvalue weighted by molar-refractivity contribution is -0.126.